The molecule has 1 aliphatic rings. The Balaban J connectivity index is 2.06. The van der Waals surface area contributed by atoms with Crippen molar-refractivity contribution in [3.05, 3.63) is 23.8 Å². The van der Waals surface area contributed by atoms with Gasteiger partial charge in [-0.15, -0.1) is 11.6 Å². The number of alkyl halides is 1. The first-order valence-corrected chi connectivity index (χ1v) is 6.41. The molecular weight excluding hydrogens is 270 g/mol. The molecule has 0 saturated heterocycles. The number of carbonyl (C=O) groups excluding carboxylic acids is 1. The van der Waals surface area contributed by atoms with Gasteiger partial charge in [0.2, 0.25) is 6.79 Å². The summed E-state index contributed by atoms with van der Waals surface area (Å²) in [4.78, 5) is 11.3. The van der Waals surface area contributed by atoms with Crippen LogP contribution < -0.4 is 14.8 Å². The molecule has 0 fully saturated rings. The van der Waals surface area contributed by atoms with E-state index in [1.165, 1.54) is 7.11 Å². The van der Waals surface area contributed by atoms with Crippen LogP contribution in [0.25, 0.3) is 0 Å². The van der Waals surface area contributed by atoms with Crippen LogP contribution >= 0.6 is 11.6 Å². The SMILES string of the molecule is COC(=O)N[C@H](Cc1ccc2c(c1)OCO2)C(C)Cl. The molecule has 1 aromatic carbocycles. The molecule has 0 bridgehead atoms. The Morgan fingerprint density at radius 3 is 2.89 bits per heavy atom. The second-order valence-corrected chi connectivity index (χ2v) is 5.00. The number of benzene rings is 1. The van der Waals surface area contributed by atoms with E-state index in [4.69, 9.17) is 21.1 Å². The van der Waals surface area contributed by atoms with Crippen LogP contribution in [0.15, 0.2) is 18.2 Å². The van der Waals surface area contributed by atoms with E-state index < -0.39 is 6.09 Å². The third kappa shape index (κ3) is 3.44. The van der Waals surface area contributed by atoms with Crippen LogP contribution in [-0.4, -0.2) is 31.4 Å². The molecule has 1 amide bonds. The van der Waals surface area contributed by atoms with Crippen molar-refractivity contribution in [3.8, 4) is 11.5 Å². The summed E-state index contributed by atoms with van der Waals surface area (Å²) in [5.74, 6) is 1.46. The maximum Gasteiger partial charge on any atom is 0.407 e. The molecule has 1 unspecified atom stereocenters. The first-order chi connectivity index (χ1) is 9.10. The predicted octanol–water partition coefficient (Wildman–Crippen LogP) is 2.31. The number of fused-ring (bicyclic) bond motifs is 1. The highest BCUT2D eigenvalue weighted by Crippen LogP contribution is 2.33. The monoisotopic (exact) mass is 285 g/mol. The second kappa shape index (κ2) is 6.02. The van der Waals surface area contributed by atoms with E-state index in [0.717, 1.165) is 17.1 Å². The number of halogens is 1. The number of nitrogens with one attached hydrogen (secondary N) is 1. The molecule has 1 heterocycles. The summed E-state index contributed by atoms with van der Waals surface area (Å²) in [6, 6.07) is 5.47. The molecule has 0 aliphatic carbocycles. The highest BCUT2D eigenvalue weighted by atomic mass is 35.5. The lowest BCUT2D eigenvalue weighted by Crippen LogP contribution is -2.41. The van der Waals surface area contributed by atoms with Crippen LogP contribution in [0.4, 0.5) is 4.79 Å². The van der Waals surface area contributed by atoms with Crippen LogP contribution in [0.3, 0.4) is 0 Å². The first-order valence-electron chi connectivity index (χ1n) is 5.97. The minimum absolute atomic E-state index is 0.213. The van der Waals surface area contributed by atoms with E-state index in [-0.39, 0.29) is 18.2 Å². The summed E-state index contributed by atoms with van der Waals surface area (Å²) in [5.41, 5.74) is 1.01. The number of carbonyl (C=O) groups is 1. The van der Waals surface area contributed by atoms with Crippen LogP contribution in [0.1, 0.15) is 12.5 Å². The molecule has 1 N–H and O–H groups in total. The average Bonchev–Trinajstić information content (AvgIpc) is 2.85. The number of alkyl carbamates (subject to hydrolysis) is 1. The summed E-state index contributed by atoms with van der Waals surface area (Å²) in [7, 11) is 1.33. The summed E-state index contributed by atoms with van der Waals surface area (Å²) < 4.78 is 15.2. The second-order valence-electron chi connectivity index (χ2n) is 4.31. The van der Waals surface area contributed by atoms with Gasteiger partial charge in [0, 0.05) is 0 Å². The van der Waals surface area contributed by atoms with Crippen molar-refractivity contribution in [1.82, 2.24) is 5.32 Å². The fraction of sp³-hybridized carbons (Fsp3) is 0.462. The lowest BCUT2D eigenvalue weighted by atomic mass is 10.0. The minimum Gasteiger partial charge on any atom is -0.454 e. The van der Waals surface area contributed by atoms with Gasteiger partial charge in [0.25, 0.3) is 0 Å². The van der Waals surface area contributed by atoms with Crippen molar-refractivity contribution in [1.29, 1.82) is 0 Å². The van der Waals surface area contributed by atoms with Crippen LogP contribution in [0.5, 0.6) is 11.5 Å². The zero-order valence-electron chi connectivity index (χ0n) is 10.8. The lowest BCUT2D eigenvalue weighted by molar-refractivity contribution is 0.166. The molecule has 19 heavy (non-hydrogen) atoms. The normalized spacial score (nSPS) is 15.7. The van der Waals surface area contributed by atoms with Gasteiger partial charge in [-0.2, -0.15) is 0 Å². The number of ether oxygens (including phenoxy) is 3. The van der Waals surface area contributed by atoms with Gasteiger partial charge in [0.05, 0.1) is 18.5 Å². The van der Waals surface area contributed by atoms with Gasteiger partial charge in [-0.25, -0.2) is 4.79 Å². The quantitative estimate of drug-likeness (QED) is 0.863. The molecule has 1 aromatic rings. The van der Waals surface area contributed by atoms with E-state index in [9.17, 15) is 4.79 Å². The third-order valence-corrected chi connectivity index (χ3v) is 3.24. The third-order valence-electron chi connectivity index (χ3n) is 2.94. The zero-order chi connectivity index (χ0) is 13.8. The van der Waals surface area contributed by atoms with Crippen molar-refractivity contribution in [3.63, 3.8) is 0 Å². The van der Waals surface area contributed by atoms with Crippen molar-refractivity contribution >= 4 is 17.7 Å². The topological polar surface area (TPSA) is 56.8 Å². The molecule has 2 atom stereocenters. The fourth-order valence-electron chi connectivity index (χ4n) is 1.86. The molecule has 0 saturated carbocycles. The number of hydrogen-bond acceptors (Lipinski definition) is 4. The lowest BCUT2D eigenvalue weighted by Gasteiger charge is -2.20. The van der Waals surface area contributed by atoms with E-state index >= 15 is 0 Å². The van der Waals surface area contributed by atoms with E-state index in [2.05, 4.69) is 10.1 Å². The summed E-state index contributed by atoms with van der Waals surface area (Å²) in [6.07, 6.45) is 0.106. The Labute approximate surface area is 116 Å². The minimum atomic E-state index is -0.488. The smallest absolute Gasteiger partial charge is 0.407 e. The van der Waals surface area contributed by atoms with Crippen molar-refractivity contribution in [2.75, 3.05) is 13.9 Å². The Kier molecular flexibility index (Phi) is 4.37. The van der Waals surface area contributed by atoms with Gasteiger partial charge in [-0.3, -0.25) is 0 Å². The van der Waals surface area contributed by atoms with Crippen LogP contribution in [0, 0.1) is 0 Å². The first kappa shape index (κ1) is 13.8. The van der Waals surface area contributed by atoms with Gasteiger partial charge >= 0.3 is 6.09 Å². The van der Waals surface area contributed by atoms with Gasteiger partial charge in [-0.1, -0.05) is 6.07 Å². The Morgan fingerprint density at radius 1 is 1.47 bits per heavy atom. The van der Waals surface area contributed by atoms with E-state index in [1.54, 1.807) is 0 Å². The van der Waals surface area contributed by atoms with Crippen LogP contribution in [-0.2, 0) is 11.2 Å². The molecule has 6 heteroatoms. The summed E-state index contributed by atoms with van der Waals surface area (Å²) in [5, 5.41) is 2.50. The maximum absolute atomic E-state index is 11.3. The molecule has 0 spiro atoms. The van der Waals surface area contributed by atoms with Gasteiger partial charge in [-0.05, 0) is 31.0 Å². The zero-order valence-corrected chi connectivity index (χ0v) is 11.6. The Hall–Kier alpha value is -1.62. The number of methoxy groups -OCH3 is 1. The highest BCUT2D eigenvalue weighted by molar-refractivity contribution is 6.20. The van der Waals surface area contributed by atoms with E-state index in [0.29, 0.717) is 6.42 Å². The van der Waals surface area contributed by atoms with Gasteiger partial charge < -0.3 is 19.5 Å². The van der Waals surface area contributed by atoms with Crippen LogP contribution in [0.2, 0.25) is 0 Å². The fourth-order valence-corrected chi connectivity index (χ4v) is 2.01. The Bertz CT molecular complexity index is 464. The summed E-state index contributed by atoms with van der Waals surface area (Å²) >= 11 is 6.09. The number of hydrogen-bond donors (Lipinski definition) is 1. The molecule has 5 nitrogen and oxygen atoms in total. The number of amides is 1. The van der Waals surface area contributed by atoms with Crippen molar-refractivity contribution in [2.45, 2.75) is 24.8 Å². The molecule has 2 rings (SSSR count). The number of rotatable bonds is 4. The predicted molar refractivity (Wildman–Crippen MR) is 70.9 cm³/mol. The molecular formula is C13H16ClNO4. The van der Waals surface area contributed by atoms with Gasteiger partial charge in [0.1, 0.15) is 0 Å². The average molecular weight is 286 g/mol. The maximum atomic E-state index is 11.3. The summed E-state index contributed by atoms with van der Waals surface area (Å²) in [6.45, 7) is 2.07. The molecule has 1 aliphatic heterocycles. The highest BCUT2D eigenvalue weighted by Gasteiger charge is 2.20. The molecule has 104 valence electrons. The van der Waals surface area contributed by atoms with Crippen molar-refractivity contribution in [2.24, 2.45) is 0 Å². The van der Waals surface area contributed by atoms with Crippen molar-refractivity contribution < 1.29 is 19.0 Å². The molecule has 0 radical (unpaired) electrons. The Morgan fingerprint density at radius 2 is 2.21 bits per heavy atom. The standard InChI is InChI=1S/C13H16ClNO4/c1-8(14)10(15-13(16)17-2)5-9-3-4-11-12(6-9)19-7-18-11/h3-4,6,8,10H,5,7H2,1-2H3,(H,15,16)/t8?,10-/m1/s1. The van der Waals surface area contributed by atoms with Gasteiger partial charge in [0.15, 0.2) is 11.5 Å². The largest absolute Gasteiger partial charge is 0.454 e. The van der Waals surface area contributed by atoms with E-state index in [1.807, 2.05) is 25.1 Å². The molecule has 0 aromatic heterocycles.